The average Bonchev–Trinajstić information content (AvgIpc) is 2.71. The fourth-order valence-corrected chi connectivity index (χ4v) is 4.18. The molecule has 0 aromatic rings. The van der Waals surface area contributed by atoms with E-state index in [1.807, 2.05) is 0 Å². The van der Waals surface area contributed by atoms with Gasteiger partial charge in [-0.05, 0) is 38.1 Å². The quantitative estimate of drug-likeness (QED) is 0.753. The van der Waals surface area contributed by atoms with Crippen molar-refractivity contribution in [3.8, 4) is 0 Å². The third kappa shape index (κ3) is 2.85. The van der Waals surface area contributed by atoms with Gasteiger partial charge in [0.2, 0.25) is 0 Å². The first kappa shape index (κ1) is 12.0. The van der Waals surface area contributed by atoms with Crippen LogP contribution in [0.3, 0.4) is 0 Å². The monoisotopic (exact) mass is 236 g/mol. The maximum atomic E-state index is 3.74. The number of rotatable bonds is 1. The number of nitrogens with zero attached hydrogens (tertiary/aromatic N) is 1. The molecule has 98 valence electrons. The van der Waals surface area contributed by atoms with E-state index in [0.29, 0.717) is 0 Å². The van der Waals surface area contributed by atoms with E-state index in [-0.39, 0.29) is 0 Å². The topological polar surface area (TPSA) is 15.3 Å². The molecule has 3 fully saturated rings. The molecule has 2 nitrogen and oxygen atoms in total. The molecule has 1 saturated carbocycles. The third-order valence-electron chi connectivity index (χ3n) is 5.22. The Kier molecular flexibility index (Phi) is 4.02. The zero-order valence-corrected chi connectivity index (χ0v) is 11.2. The van der Waals surface area contributed by atoms with Crippen LogP contribution < -0.4 is 5.32 Å². The van der Waals surface area contributed by atoms with Crippen molar-refractivity contribution in [2.75, 3.05) is 19.6 Å². The van der Waals surface area contributed by atoms with Crippen LogP contribution in [0, 0.1) is 5.92 Å². The van der Waals surface area contributed by atoms with Crippen molar-refractivity contribution in [1.29, 1.82) is 0 Å². The molecule has 0 spiro atoms. The Morgan fingerprint density at radius 3 is 2.29 bits per heavy atom. The minimum Gasteiger partial charge on any atom is -0.312 e. The summed E-state index contributed by atoms with van der Waals surface area (Å²) in [5, 5.41) is 3.74. The highest BCUT2D eigenvalue weighted by atomic mass is 15.2. The molecule has 0 bridgehead atoms. The molecular weight excluding hydrogens is 208 g/mol. The summed E-state index contributed by atoms with van der Waals surface area (Å²) in [4.78, 5) is 2.83. The Labute approximate surface area is 106 Å². The van der Waals surface area contributed by atoms with Crippen molar-refractivity contribution in [2.24, 2.45) is 5.92 Å². The molecule has 0 aromatic heterocycles. The van der Waals surface area contributed by atoms with Crippen LogP contribution in [0.5, 0.6) is 0 Å². The Bertz CT molecular complexity index is 219. The molecule has 0 radical (unpaired) electrons. The van der Waals surface area contributed by atoms with E-state index in [1.165, 1.54) is 77.4 Å². The molecule has 17 heavy (non-hydrogen) atoms. The molecular formula is C15H28N2. The minimum atomic E-state index is 0.828. The van der Waals surface area contributed by atoms with E-state index in [4.69, 9.17) is 0 Å². The largest absolute Gasteiger partial charge is 0.312 e. The summed E-state index contributed by atoms with van der Waals surface area (Å²) in [5.41, 5.74) is 0. The average molecular weight is 236 g/mol. The van der Waals surface area contributed by atoms with Gasteiger partial charge in [0, 0.05) is 25.2 Å². The maximum Gasteiger partial charge on any atom is 0.0235 e. The number of hydrogen-bond acceptors (Lipinski definition) is 2. The van der Waals surface area contributed by atoms with Gasteiger partial charge in [0.15, 0.2) is 0 Å². The van der Waals surface area contributed by atoms with Crippen LogP contribution in [0.25, 0.3) is 0 Å². The Morgan fingerprint density at radius 1 is 0.765 bits per heavy atom. The van der Waals surface area contributed by atoms with Crippen LogP contribution in [-0.4, -0.2) is 36.6 Å². The van der Waals surface area contributed by atoms with E-state index >= 15 is 0 Å². The van der Waals surface area contributed by atoms with Gasteiger partial charge in [-0.15, -0.1) is 0 Å². The Hall–Kier alpha value is -0.0800. The molecule has 0 amide bonds. The van der Waals surface area contributed by atoms with Gasteiger partial charge in [0.1, 0.15) is 0 Å². The van der Waals surface area contributed by atoms with Crippen molar-refractivity contribution >= 4 is 0 Å². The molecule has 2 atom stereocenters. The van der Waals surface area contributed by atoms with E-state index in [0.717, 1.165) is 18.0 Å². The molecule has 2 saturated heterocycles. The van der Waals surface area contributed by atoms with Gasteiger partial charge in [-0.3, -0.25) is 4.90 Å². The van der Waals surface area contributed by atoms with Gasteiger partial charge >= 0.3 is 0 Å². The highest BCUT2D eigenvalue weighted by Crippen LogP contribution is 2.30. The van der Waals surface area contributed by atoms with E-state index in [1.54, 1.807) is 0 Å². The SMILES string of the molecule is C1CCCC(N2C[C@@H]3CCCN[C@@H]3C2)CCC1. The van der Waals surface area contributed by atoms with Gasteiger partial charge in [0.05, 0.1) is 0 Å². The number of fused-ring (bicyclic) bond motifs is 1. The fraction of sp³-hybridized carbons (Fsp3) is 1.00. The summed E-state index contributed by atoms with van der Waals surface area (Å²) in [5.74, 6) is 0.967. The molecule has 0 unspecified atom stereocenters. The van der Waals surface area contributed by atoms with Gasteiger partial charge < -0.3 is 5.32 Å². The predicted molar refractivity (Wildman–Crippen MR) is 72.2 cm³/mol. The zero-order valence-electron chi connectivity index (χ0n) is 11.2. The smallest absolute Gasteiger partial charge is 0.0235 e. The third-order valence-corrected chi connectivity index (χ3v) is 5.22. The highest BCUT2D eigenvalue weighted by molar-refractivity contribution is 4.94. The second-order valence-electron chi connectivity index (χ2n) is 6.42. The second kappa shape index (κ2) is 5.71. The maximum absolute atomic E-state index is 3.74. The van der Waals surface area contributed by atoms with Crippen LogP contribution in [0.2, 0.25) is 0 Å². The van der Waals surface area contributed by atoms with Gasteiger partial charge in [-0.1, -0.05) is 32.1 Å². The molecule has 2 heteroatoms. The predicted octanol–water partition coefficient (Wildman–Crippen LogP) is 2.78. The molecule has 3 rings (SSSR count). The van der Waals surface area contributed by atoms with Gasteiger partial charge in [-0.25, -0.2) is 0 Å². The molecule has 2 aliphatic heterocycles. The van der Waals surface area contributed by atoms with Crippen molar-refractivity contribution in [1.82, 2.24) is 10.2 Å². The van der Waals surface area contributed by atoms with E-state index in [2.05, 4.69) is 10.2 Å². The summed E-state index contributed by atoms with van der Waals surface area (Å²) in [6, 6.07) is 1.75. The first-order valence-electron chi connectivity index (χ1n) is 7.91. The lowest BCUT2D eigenvalue weighted by atomic mass is 9.94. The summed E-state index contributed by atoms with van der Waals surface area (Å²) < 4.78 is 0. The van der Waals surface area contributed by atoms with Crippen molar-refractivity contribution in [2.45, 2.75) is 69.9 Å². The highest BCUT2D eigenvalue weighted by Gasteiger charge is 2.36. The lowest BCUT2D eigenvalue weighted by Crippen LogP contribution is -2.41. The molecule has 0 aromatic carbocycles. The van der Waals surface area contributed by atoms with Gasteiger partial charge in [0.25, 0.3) is 0 Å². The normalized spacial score (nSPS) is 37.4. The zero-order chi connectivity index (χ0) is 11.5. The number of nitrogens with one attached hydrogen (secondary N) is 1. The van der Waals surface area contributed by atoms with Crippen LogP contribution in [0.4, 0.5) is 0 Å². The summed E-state index contributed by atoms with van der Waals surface area (Å²) in [6.07, 6.45) is 13.2. The second-order valence-corrected chi connectivity index (χ2v) is 6.42. The summed E-state index contributed by atoms with van der Waals surface area (Å²) in [6.45, 7) is 4.00. The number of likely N-dealkylation sites (tertiary alicyclic amines) is 1. The number of piperidine rings is 1. The molecule has 2 heterocycles. The Morgan fingerprint density at radius 2 is 1.53 bits per heavy atom. The van der Waals surface area contributed by atoms with Crippen molar-refractivity contribution in [3.05, 3.63) is 0 Å². The summed E-state index contributed by atoms with van der Waals surface area (Å²) >= 11 is 0. The van der Waals surface area contributed by atoms with E-state index < -0.39 is 0 Å². The number of hydrogen-bond donors (Lipinski definition) is 1. The first-order chi connectivity index (χ1) is 8.43. The molecule has 3 aliphatic rings. The minimum absolute atomic E-state index is 0.828. The molecule has 1 aliphatic carbocycles. The summed E-state index contributed by atoms with van der Waals surface area (Å²) in [7, 11) is 0. The lowest BCUT2D eigenvalue weighted by Gasteiger charge is -2.29. The van der Waals surface area contributed by atoms with Crippen LogP contribution in [0.1, 0.15) is 57.8 Å². The van der Waals surface area contributed by atoms with Crippen LogP contribution in [0.15, 0.2) is 0 Å². The van der Waals surface area contributed by atoms with Crippen LogP contribution in [-0.2, 0) is 0 Å². The van der Waals surface area contributed by atoms with Gasteiger partial charge in [-0.2, -0.15) is 0 Å². The first-order valence-corrected chi connectivity index (χ1v) is 7.91. The molecule has 1 N–H and O–H groups in total. The van der Waals surface area contributed by atoms with Crippen molar-refractivity contribution < 1.29 is 0 Å². The van der Waals surface area contributed by atoms with E-state index in [9.17, 15) is 0 Å². The lowest BCUT2D eigenvalue weighted by molar-refractivity contribution is 0.195. The standard InChI is InChI=1S/C15H28N2/c1-2-4-8-14(9-5-3-1)17-11-13-7-6-10-16-15(13)12-17/h13-16H,1-12H2/t13-,15+/m0/s1. The van der Waals surface area contributed by atoms with Crippen LogP contribution >= 0.6 is 0 Å². The fourth-order valence-electron chi connectivity index (χ4n) is 4.18. The Balaban J connectivity index is 1.56. The van der Waals surface area contributed by atoms with Crippen molar-refractivity contribution in [3.63, 3.8) is 0 Å².